The van der Waals surface area contributed by atoms with Crippen LogP contribution in [0.3, 0.4) is 0 Å². The van der Waals surface area contributed by atoms with E-state index in [-0.39, 0.29) is 0 Å². The quantitative estimate of drug-likeness (QED) is 0.885. The van der Waals surface area contributed by atoms with Crippen molar-refractivity contribution in [2.24, 2.45) is 0 Å². The van der Waals surface area contributed by atoms with E-state index in [2.05, 4.69) is 39.4 Å². The summed E-state index contributed by atoms with van der Waals surface area (Å²) >= 11 is 0. The van der Waals surface area contributed by atoms with E-state index in [4.69, 9.17) is 4.74 Å². The Labute approximate surface area is 162 Å². The molecule has 3 fully saturated rings. The van der Waals surface area contributed by atoms with E-state index in [1.807, 2.05) is 30.3 Å². The molecule has 1 radical (unpaired) electrons. The zero-order chi connectivity index (χ0) is 18.1. The molecule has 0 aromatic heterocycles. The van der Waals surface area contributed by atoms with Crippen molar-refractivity contribution in [2.45, 2.75) is 30.8 Å². The molecule has 3 saturated heterocycles. The maximum Gasteiger partial charge on any atom is 0.135 e. The minimum absolute atomic E-state index is 0.662. The standard InChI is InChI=1S/C23H28N3O/c1-2-4-22(5-3-1)27-23-8-6-18(7-9-23)19-10-12-25(13-11-19)21-16-26(17-21)20-14-24-15-20/h1-8,19-21,24H,10-17H2. The largest absolute Gasteiger partial charge is 0.457 e. The predicted octanol–water partition coefficient (Wildman–Crippen LogP) is 3.11. The highest BCUT2D eigenvalue weighted by Gasteiger charge is 2.38. The Kier molecular flexibility index (Phi) is 4.87. The first kappa shape index (κ1) is 17.2. The summed E-state index contributed by atoms with van der Waals surface area (Å²) < 4.78 is 5.86. The van der Waals surface area contributed by atoms with Crippen molar-refractivity contribution in [1.82, 2.24) is 15.1 Å². The lowest BCUT2D eigenvalue weighted by Crippen LogP contribution is -2.69. The van der Waals surface area contributed by atoms with Crippen molar-refractivity contribution in [3.05, 3.63) is 60.2 Å². The van der Waals surface area contributed by atoms with Crippen LogP contribution in [0.15, 0.2) is 48.5 Å². The molecule has 5 rings (SSSR count). The monoisotopic (exact) mass is 362 g/mol. The summed E-state index contributed by atoms with van der Waals surface area (Å²) in [6.07, 6.45) is 2.52. The maximum atomic E-state index is 5.86. The van der Waals surface area contributed by atoms with Gasteiger partial charge in [0.1, 0.15) is 11.5 Å². The van der Waals surface area contributed by atoms with Gasteiger partial charge in [0.25, 0.3) is 0 Å². The van der Waals surface area contributed by atoms with Gasteiger partial charge >= 0.3 is 0 Å². The lowest BCUT2D eigenvalue weighted by molar-refractivity contribution is -0.0187. The number of piperidine rings is 1. The minimum Gasteiger partial charge on any atom is -0.457 e. The van der Waals surface area contributed by atoms with E-state index < -0.39 is 0 Å². The molecule has 3 aliphatic heterocycles. The summed E-state index contributed by atoms with van der Waals surface area (Å²) in [5, 5.41) is 3.38. The Morgan fingerprint density at radius 2 is 1.67 bits per heavy atom. The van der Waals surface area contributed by atoms with Gasteiger partial charge in [-0.2, -0.15) is 0 Å². The molecule has 4 nitrogen and oxygen atoms in total. The molecule has 0 spiro atoms. The van der Waals surface area contributed by atoms with E-state index in [1.165, 1.54) is 57.7 Å². The van der Waals surface area contributed by atoms with Crippen molar-refractivity contribution >= 4 is 0 Å². The number of hydrogen-bond donors (Lipinski definition) is 1. The number of benzene rings is 2. The molecule has 141 valence electrons. The van der Waals surface area contributed by atoms with Gasteiger partial charge in [-0.05, 0) is 61.7 Å². The van der Waals surface area contributed by atoms with Crippen molar-refractivity contribution in [3.8, 4) is 11.5 Å². The summed E-state index contributed by atoms with van der Waals surface area (Å²) in [5.74, 6) is 2.32. The lowest BCUT2D eigenvalue weighted by atomic mass is 9.88. The van der Waals surface area contributed by atoms with E-state index in [1.54, 1.807) is 0 Å². The van der Waals surface area contributed by atoms with Crippen LogP contribution in [0.5, 0.6) is 11.5 Å². The van der Waals surface area contributed by atoms with Gasteiger partial charge in [0.15, 0.2) is 0 Å². The van der Waals surface area contributed by atoms with Gasteiger partial charge in [-0.25, -0.2) is 0 Å². The third-order valence-corrected chi connectivity index (χ3v) is 6.46. The molecule has 0 atom stereocenters. The molecule has 0 bridgehead atoms. The summed E-state index contributed by atoms with van der Waals surface area (Å²) in [4.78, 5) is 5.36. The highest BCUT2D eigenvalue weighted by molar-refractivity contribution is 5.33. The topological polar surface area (TPSA) is 27.7 Å². The van der Waals surface area contributed by atoms with Crippen LogP contribution < -0.4 is 10.1 Å². The highest BCUT2D eigenvalue weighted by Crippen LogP contribution is 2.32. The van der Waals surface area contributed by atoms with E-state index in [0.717, 1.165) is 23.6 Å². The lowest BCUT2D eigenvalue weighted by Gasteiger charge is -2.52. The van der Waals surface area contributed by atoms with Crippen molar-refractivity contribution in [1.29, 1.82) is 0 Å². The Hall–Kier alpha value is -1.88. The first-order valence-electron chi connectivity index (χ1n) is 10.3. The fraction of sp³-hybridized carbons (Fsp3) is 0.478. The van der Waals surface area contributed by atoms with Crippen LogP contribution in [0.2, 0.25) is 0 Å². The molecular formula is C23H28N3O. The van der Waals surface area contributed by atoms with Crippen molar-refractivity contribution < 1.29 is 4.74 Å². The van der Waals surface area contributed by atoms with Gasteiger partial charge < -0.3 is 10.1 Å². The molecule has 27 heavy (non-hydrogen) atoms. The molecule has 0 aliphatic carbocycles. The van der Waals surface area contributed by atoms with Crippen LogP contribution in [0, 0.1) is 6.07 Å². The number of hydrogen-bond acceptors (Lipinski definition) is 4. The smallest absolute Gasteiger partial charge is 0.135 e. The second-order valence-electron chi connectivity index (χ2n) is 8.13. The highest BCUT2D eigenvalue weighted by atomic mass is 16.5. The SMILES string of the molecule is [c]1cc(C2CCN(C3CN(C4CNC4)C3)CC2)ccc1Oc1ccccc1. The summed E-state index contributed by atoms with van der Waals surface area (Å²) in [6.45, 7) is 7.39. The van der Waals surface area contributed by atoms with Gasteiger partial charge in [-0.1, -0.05) is 24.3 Å². The molecule has 3 aliphatic rings. The number of rotatable bonds is 5. The molecule has 0 unspecified atom stereocenters. The predicted molar refractivity (Wildman–Crippen MR) is 107 cm³/mol. The Balaban J connectivity index is 1.11. The third kappa shape index (κ3) is 3.75. The zero-order valence-corrected chi connectivity index (χ0v) is 15.8. The Bertz CT molecular complexity index is 730. The number of likely N-dealkylation sites (tertiary alicyclic amines) is 2. The molecule has 0 amide bonds. The molecule has 1 N–H and O–H groups in total. The zero-order valence-electron chi connectivity index (χ0n) is 15.8. The molecule has 2 aromatic rings. The Morgan fingerprint density at radius 1 is 0.889 bits per heavy atom. The van der Waals surface area contributed by atoms with Crippen molar-refractivity contribution in [2.75, 3.05) is 39.3 Å². The van der Waals surface area contributed by atoms with Crippen LogP contribution >= 0.6 is 0 Å². The van der Waals surface area contributed by atoms with Gasteiger partial charge in [-0.3, -0.25) is 9.80 Å². The average molecular weight is 362 g/mol. The second-order valence-corrected chi connectivity index (χ2v) is 8.13. The molecule has 2 aromatic carbocycles. The minimum atomic E-state index is 0.662. The summed E-state index contributed by atoms with van der Waals surface area (Å²) in [6, 6.07) is 21.3. The number of ether oxygens (including phenoxy) is 1. The van der Waals surface area contributed by atoms with E-state index >= 15 is 0 Å². The van der Waals surface area contributed by atoms with E-state index in [9.17, 15) is 0 Å². The van der Waals surface area contributed by atoms with Crippen LogP contribution in [-0.2, 0) is 0 Å². The van der Waals surface area contributed by atoms with Crippen LogP contribution in [-0.4, -0.2) is 61.2 Å². The van der Waals surface area contributed by atoms with Gasteiger partial charge in [0, 0.05) is 44.3 Å². The van der Waals surface area contributed by atoms with Crippen LogP contribution in [0.25, 0.3) is 0 Å². The maximum absolute atomic E-state index is 5.86. The molecular weight excluding hydrogens is 334 g/mol. The van der Waals surface area contributed by atoms with Crippen LogP contribution in [0.4, 0.5) is 0 Å². The molecule has 4 heteroatoms. The molecule has 3 heterocycles. The fourth-order valence-electron chi connectivity index (χ4n) is 4.50. The third-order valence-electron chi connectivity index (χ3n) is 6.46. The first-order chi connectivity index (χ1) is 13.3. The van der Waals surface area contributed by atoms with Gasteiger partial charge in [-0.15, -0.1) is 0 Å². The fourth-order valence-corrected chi connectivity index (χ4v) is 4.50. The average Bonchev–Trinajstić information content (AvgIpc) is 2.65. The normalized spacial score (nSPS) is 23.0. The van der Waals surface area contributed by atoms with Gasteiger partial charge in [0.05, 0.1) is 0 Å². The number of para-hydroxylation sites is 1. The van der Waals surface area contributed by atoms with Crippen molar-refractivity contribution in [3.63, 3.8) is 0 Å². The first-order valence-corrected chi connectivity index (χ1v) is 10.3. The Morgan fingerprint density at radius 3 is 2.30 bits per heavy atom. The van der Waals surface area contributed by atoms with Gasteiger partial charge in [0.2, 0.25) is 0 Å². The summed E-state index contributed by atoms with van der Waals surface area (Å²) in [7, 11) is 0. The number of nitrogens with zero attached hydrogens (tertiary/aromatic N) is 2. The molecule has 0 saturated carbocycles. The van der Waals surface area contributed by atoms with Crippen LogP contribution in [0.1, 0.15) is 24.3 Å². The second kappa shape index (κ2) is 7.63. The van der Waals surface area contributed by atoms with E-state index in [0.29, 0.717) is 5.92 Å². The number of nitrogens with one attached hydrogen (secondary N) is 1. The summed E-state index contributed by atoms with van der Waals surface area (Å²) in [5.41, 5.74) is 1.41.